The number of anilines is 2. The van der Waals surface area contributed by atoms with Gasteiger partial charge < -0.3 is 20.1 Å². The number of methoxy groups -OCH3 is 1. The fraction of sp³-hybridized carbons (Fsp3) is 0.267. The van der Waals surface area contributed by atoms with E-state index in [4.69, 9.17) is 4.74 Å². The first-order valence-electron chi connectivity index (χ1n) is 6.44. The van der Waals surface area contributed by atoms with Crippen LogP contribution in [0.25, 0.3) is 0 Å². The van der Waals surface area contributed by atoms with Crippen LogP contribution in [0.2, 0.25) is 0 Å². The molecule has 5 nitrogen and oxygen atoms in total. The topological polar surface area (TPSA) is 57.6 Å². The molecule has 0 saturated heterocycles. The van der Waals surface area contributed by atoms with E-state index >= 15 is 0 Å². The molecule has 0 atom stereocenters. The molecule has 6 heteroatoms. The SMILES string of the molecule is COc1cc(CNc2cccnc2N(C)C)cc(Br)c1O. The van der Waals surface area contributed by atoms with Crippen molar-refractivity contribution >= 4 is 27.4 Å². The number of hydrogen-bond acceptors (Lipinski definition) is 5. The van der Waals surface area contributed by atoms with Crippen LogP contribution in [0.3, 0.4) is 0 Å². The normalized spacial score (nSPS) is 10.3. The van der Waals surface area contributed by atoms with Crippen molar-refractivity contribution in [3.63, 3.8) is 0 Å². The average molecular weight is 352 g/mol. The Morgan fingerprint density at radius 3 is 2.81 bits per heavy atom. The average Bonchev–Trinajstić information content (AvgIpc) is 2.48. The maximum Gasteiger partial charge on any atom is 0.172 e. The van der Waals surface area contributed by atoms with Crippen LogP contribution in [0.15, 0.2) is 34.9 Å². The summed E-state index contributed by atoms with van der Waals surface area (Å²) in [5.74, 6) is 1.43. The number of ether oxygens (including phenoxy) is 1. The van der Waals surface area contributed by atoms with Crippen LogP contribution in [-0.4, -0.2) is 31.3 Å². The van der Waals surface area contributed by atoms with E-state index in [0.717, 1.165) is 17.1 Å². The molecule has 1 aromatic heterocycles. The van der Waals surface area contributed by atoms with E-state index in [2.05, 4.69) is 26.2 Å². The Bertz CT molecular complexity index is 632. The molecule has 1 heterocycles. The lowest BCUT2D eigenvalue weighted by atomic mass is 10.2. The summed E-state index contributed by atoms with van der Waals surface area (Å²) in [4.78, 5) is 6.30. The van der Waals surface area contributed by atoms with Gasteiger partial charge in [-0.15, -0.1) is 0 Å². The highest BCUT2D eigenvalue weighted by Gasteiger charge is 2.10. The Labute approximate surface area is 132 Å². The standard InChI is InChI=1S/C15H18BrN3O2/c1-19(2)15-12(5-4-6-17-15)18-9-10-7-11(16)14(20)13(8-10)21-3/h4-8,18,20H,9H2,1-3H3. The van der Waals surface area contributed by atoms with Crippen molar-refractivity contribution < 1.29 is 9.84 Å². The Morgan fingerprint density at radius 2 is 2.14 bits per heavy atom. The third-order valence-corrected chi connectivity index (χ3v) is 3.61. The molecule has 0 unspecified atom stereocenters. The van der Waals surface area contributed by atoms with Gasteiger partial charge in [0.2, 0.25) is 0 Å². The van der Waals surface area contributed by atoms with E-state index in [1.165, 1.54) is 7.11 Å². The third-order valence-electron chi connectivity index (χ3n) is 3.00. The number of phenolic OH excluding ortho intramolecular Hbond substituents is 1. The van der Waals surface area contributed by atoms with Gasteiger partial charge in [0.15, 0.2) is 17.3 Å². The van der Waals surface area contributed by atoms with Gasteiger partial charge in [0.25, 0.3) is 0 Å². The van der Waals surface area contributed by atoms with Crippen molar-refractivity contribution in [2.75, 3.05) is 31.4 Å². The summed E-state index contributed by atoms with van der Waals surface area (Å²) in [6.45, 7) is 0.599. The molecule has 0 aliphatic rings. The minimum absolute atomic E-state index is 0.108. The van der Waals surface area contributed by atoms with Crippen LogP contribution in [0.5, 0.6) is 11.5 Å². The van der Waals surface area contributed by atoms with E-state index < -0.39 is 0 Å². The van der Waals surface area contributed by atoms with Crippen LogP contribution >= 0.6 is 15.9 Å². The van der Waals surface area contributed by atoms with E-state index in [-0.39, 0.29) is 5.75 Å². The lowest BCUT2D eigenvalue weighted by Crippen LogP contribution is -2.13. The second-order valence-electron chi connectivity index (χ2n) is 4.75. The number of benzene rings is 1. The molecule has 112 valence electrons. The number of aromatic nitrogens is 1. The van der Waals surface area contributed by atoms with Crippen molar-refractivity contribution in [2.24, 2.45) is 0 Å². The molecule has 2 aromatic rings. The van der Waals surface area contributed by atoms with Gasteiger partial charge >= 0.3 is 0 Å². The molecule has 2 rings (SSSR count). The van der Waals surface area contributed by atoms with Crippen LogP contribution in [0, 0.1) is 0 Å². The highest BCUT2D eigenvalue weighted by Crippen LogP contribution is 2.35. The maximum atomic E-state index is 9.82. The number of rotatable bonds is 5. The summed E-state index contributed by atoms with van der Waals surface area (Å²) in [7, 11) is 5.44. The predicted molar refractivity (Wildman–Crippen MR) is 88.2 cm³/mol. The largest absolute Gasteiger partial charge is 0.503 e. The molecule has 0 bridgehead atoms. The summed E-state index contributed by atoms with van der Waals surface area (Å²) in [6, 6.07) is 7.53. The van der Waals surface area contributed by atoms with Crippen LogP contribution in [0.4, 0.5) is 11.5 Å². The van der Waals surface area contributed by atoms with E-state index in [9.17, 15) is 5.11 Å². The fourth-order valence-corrected chi connectivity index (χ4v) is 2.46. The zero-order chi connectivity index (χ0) is 15.4. The molecule has 0 radical (unpaired) electrons. The Morgan fingerprint density at radius 1 is 1.38 bits per heavy atom. The third kappa shape index (κ3) is 3.58. The Balaban J connectivity index is 2.19. The van der Waals surface area contributed by atoms with Gasteiger partial charge in [-0.2, -0.15) is 0 Å². The highest BCUT2D eigenvalue weighted by atomic mass is 79.9. The molecule has 0 saturated carbocycles. The van der Waals surface area contributed by atoms with Crippen molar-refractivity contribution in [3.05, 3.63) is 40.5 Å². The number of nitrogens with one attached hydrogen (secondary N) is 1. The van der Waals surface area contributed by atoms with Gasteiger partial charge in [-0.3, -0.25) is 0 Å². The number of halogens is 1. The van der Waals surface area contributed by atoms with Crippen molar-refractivity contribution in [3.8, 4) is 11.5 Å². The van der Waals surface area contributed by atoms with Gasteiger partial charge in [-0.05, 0) is 45.8 Å². The van der Waals surface area contributed by atoms with Crippen molar-refractivity contribution in [2.45, 2.75) is 6.54 Å². The van der Waals surface area contributed by atoms with Crippen LogP contribution in [-0.2, 0) is 6.54 Å². The number of phenols is 1. The molecule has 2 N–H and O–H groups in total. The van der Waals surface area contributed by atoms with Crippen LogP contribution < -0.4 is 15.0 Å². The van der Waals surface area contributed by atoms with E-state index in [0.29, 0.717) is 16.8 Å². The molecular formula is C15H18BrN3O2. The summed E-state index contributed by atoms with van der Waals surface area (Å²) >= 11 is 3.32. The van der Waals surface area contributed by atoms with Gasteiger partial charge in [-0.25, -0.2) is 4.98 Å². The van der Waals surface area contributed by atoms with Crippen LogP contribution in [0.1, 0.15) is 5.56 Å². The van der Waals surface area contributed by atoms with Crippen molar-refractivity contribution in [1.82, 2.24) is 4.98 Å². The van der Waals surface area contributed by atoms with Crippen molar-refractivity contribution in [1.29, 1.82) is 0 Å². The summed E-state index contributed by atoms with van der Waals surface area (Å²) in [5, 5.41) is 13.2. The molecule has 21 heavy (non-hydrogen) atoms. The highest BCUT2D eigenvalue weighted by molar-refractivity contribution is 9.10. The molecular weight excluding hydrogens is 334 g/mol. The number of pyridine rings is 1. The molecule has 0 fully saturated rings. The molecule has 1 aromatic carbocycles. The predicted octanol–water partition coefficient (Wildman–Crippen LogP) is 3.24. The second kappa shape index (κ2) is 6.67. The number of hydrogen-bond donors (Lipinski definition) is 2. The number of aromatic hydroxyl groups is 1. The smallest absolute Gasteiger partial charge is 0.172 e. The maximum absolute atomic E-state index is 9.82. The lowest BCUT2D eigenvalue weighted by Gasteiger charge is -2.17. The zero-order valence-electron chi connectivity index (χ0n) is 12.2. The summed E-state index contributed by atoms with van der Waals surface area (Å²) in [5.41, 5.74) is 1.94. The van der Waals surface area contributed by atoms with E-state index in [1.54, 1.807) is 12.3 Å². The summed E-state index contributed by atoms with van der Waals surface area (Å²) in [6.07, 6.45) is 1.76. The minimum atomic E-state index is 0.108. The quantitative estimate of drug-likeness (QED) is 0.865. The van der Waals surface area contributed by atoms with E-state index in [1.807, 2.05) is 37.2 Å². The monoisotopic (exact) mass is 351 g/mol. The second-order valence-corrected chi connectivity index (χ2v) is 5.61. The molecule has 0 aliphatic heterocycles. The Kier molecular flexibility index (Phi) is 4.90. The van der Waals surface area contributed by atoms with Gasteiger partial charge in [0.1, 0.15) is 0 Å². The summed E-state index contributed by atoms with van der Waals surface area (Å²) < 4.78 is 5.76. The first-order valence-corrected chi connectivity index (χ1v) is 7.23. The lowest BCUT2D eigenvalue weighted by molar-refractivity contribution is 0.371. The molecule has 0 aliphatic carbocycles. The Hall–Kier alpha value is -1.95. The fourth-order valence-electron chi connectivity index (χ4n) is 1.97. The first kappa shape index (κ1) is 15.4. The molecule has 0 amide bonds. The van der Waals surface area contributed by atoms with Gasteiger partial charge in [0, 0.05) is 26.8 Å². The van der Waals surface area contributed by atoms with Gasteiger partial charge in [-0.1, -0.05) is 0 Å². The van der Waals surface area contributed by atoms with Gasteiger partial charge in [0.05, 0.1) is 17.3 Å². The zero-order valence-corrected chi connectivity index (χ0v) is 13.8. The first-order chi connectivity index (χ1) is 10.0. The number of nitrogens with zero attached hydrogens (tertiary/aromatic N) is 2. The molecule has 0 spiro atoms. The minimum Gasteiger partial charge on any atom is -0.503 e.